The van der Waals surface area contributed by atoms with E-state index < -0.39 is 0 Å². The normalized spacial score (nSPS) is 11.9. The van der Waals surface area contributed by atoms with Crippen LogP contribution in [0.3, 0.4) is 0 Å². The van der Waals surface area contributed by atoms with Gasteiger partial charge in [-0.1, -0.05) is 12.1 Å². The molecular formula is C14H21ClN4OS. The second kappa shape index (κ2) is 8.92. The van der Waals surface area contributed by atoms with Gasteiger partial charge in [-0.25, -0.2) is 4.98 Å². The number of thioether (sulfide) groups is 1. The summed E-state index contributed by atoms with van der Waals surface area (Å²) in [7, 11) is 0. The number of nitrogens with zero attached hydrogens (tertiary/aromatic N) is 1. The van der Waals surface area contributed by atoms with Crippen molar-refractivity contribution >= 4 is 41.1 Å². The summed E-state index contributed by atoms with van der Waals surface area (Å²) in [4.78, 5) is 19.5. The van der Waals surface area contributed by atoms with Gasteiger partial charge in [0.1, 0.15) is 5.82 Å². The minimum absolute atomic E-state index is 0. The number of halogens is 1. The number of carbonyl (C=O) groups excluding carboxylic acids is 1. The van der Waals surface area contributed by atoms with Crippen LogP contribution in [0.4, 0.5) is 0 Å². The van der Waals surface area contributed by atoms with E-state index in [0.717, 1.165) is 23.3 Å². The maximum absolute atomic E-state index is 11.6. The molecule has 0 aliphatic rings. The molecule has 116 valence electrons. The van der Waals surface area contributed by atoms with E-state index in [0.29, 0.717) is 18.8 Å². The number of carbonyl (C=O) groups is 1. The van der Waals surface area contributed by atoms with Gasteiger partial charge in [0, 0.05) is 6.54 Å². The molecule has 1 aromatic heterocycles. The molecule has 0 bridgehead atoms. The molecule has 1 aromatic carbocycles. The molecule has 7 heteroatoms. The van der Waals surface area contributed by atoms with Gasteiger partial charge >= 0.3 is 0 Å². The third kappa shape index (κ3) is 5.22. The number of benzene rings is 1. The Morgan fingerprint density at radius 1 is 1.48 bits per heavy atom. The molecule has 0 radical (unpaired) electrons. The Kier molecular flexibility index (Phi) is 7.56. The molecular weight excluding hydrogens is 308 g/mol. The second-order valence-electron chi connectivity index (χ2n) is 4.58. The Bertz CT molecular complexity index is 542. The Labute approximate surface area is 134 Å². The van der Waals surface area contributed by atoms with E-state index in [-0.39, 0.29) is 23.6 Å². The summed E-state index contributed by atoms with van der Waals surface area (Å²) in [5.41, 5.74) is 7.37. The highest BCUT2D eigenvalue weighted by molar-refractivity contribution is 8.00. The number of aromatic amines is 1. The molecule has 0 fully saturated rings. The summed E-state index contributed by atoms with van der Waals surface area (Å²) in [6.45, 7) is 3.30. The molecule has 0 aliphatic carbocycles. The summed E-state index contributed by atoms with van der Waals surface area (Å²) in [6.07, 6.45) is 0.815. The van der Waals surface area contributed by atoms with Gasteiger partial charge in [0.05, 0.1) is 22.0 Å². The van der Waals surface area contributed by atoms with E-state index in [2.05, 4.69) is 22.2 Å². The Balaban J connectivity index is 0.00000220. The van der Waals surface area contributed by atoms with E-state index in [1.165, 1.54) is 0 Å². The van der Waals surface area contributed by atoms with Crippen molar-refractivity contribution in [2.45, 2.75) is 18.6 Å². The van der Waals surface area contributed by atoms with Gasteiger partial charge in [0.25, 0.3) is 0 Å². The molecule has 0 aliphatic heterocycles. The van der Waals surface area contributed by atoms with Gasteiger partial charge in [0.2, 0.25) is 5.91 Å². The van der Waals surface area contributed by atoms with Crippen molar-refractivity contribution in [3.63, 3.8) is 0 Å². The highest BCUT2D eigenvalue weighted by Crippen LogP contribution is 2.27. The lowest BCUT2D eigenvalue weighted by atomic mass is 10.3. The van der Waals surface area contributed by atoms with Gasteiger partial charge in [-0.3, -0.25) is 4.79 Å². The predicted octanol–water partition coefficient (Wildman–Crippen LogP) is 2.24. The van der Waals surface area contributed by atoms with Crippen LogP contribution in [0.25, 0.3) is 11.0 Å². The largest absolute Gasteiger partial charge is 0.355 e. The van der Waals surface area contributed by atoms with E-state index in [9.17, 15) is 4.79 Å². The van der Waals surface area contributed by atoms with Gasteiger partial charge in [0.15, 0.2) is 0 Å². The fourth-order valence-electron chi connectivity index (χ4n) is 1.83. The number of hydrogen-bond donors (Lipinski definition) is 3. The van der Waals surface area contributed by atoms with Gasteiger partial charge in [-0.05, 0) is 32.0 Å². The first-order valence-electron chi connectivity index (χ1n) is 6.73. The number of hydrogen-bond acceptors (Lipinski definition) is 4. The first-order chi connectivity index (χ1) is 9.70. The van der Waals surface area contributed by atoms with Crippen molar-refractivity contribution in [3.05, 3.63) is 30.1 Å². The molecule has 0 spiro atoms. The minimum atomic E-state index is 0. The van der Waals surface area contributed by atoms with Gasteiger partial charge in [-0.2, -0.15) is 0 Å². The van der Waals surface area contributed by atoms with Gasteiger partial charge < -0.3 is 16.0 Å². The van der Waals surface area contributed by atoms with Crippen molar-refractivity contribution < 1.29 is 4.79 Å². The Hall–Kier alpha value is -1.24. The van der Waals surface area contributed by atoms with Crippen LogP contribution in [0.15, 0.2) is 24.3 Å². The molecule has 0 saturated carbocycles. The van der Waals surface area contributed by atoms with Crippen LogP contribution < -0.4 is 11.1 Å². The first kappa shape index (κ1) is 17.8. The monoisotopic (exact) mass is 328 g/mol. The van der Waals surface area contributed by atoms with E-state index in [1.807, 2.05) is 24.3 Å². The number of imidazole rings is 1. The number of nitrogens with two attached hydrogens (primary N) is 1. The maximum Gasteiger partial charge on any atom is 0.230 e. The highest BCUT2D eigenvalue weighted by Gasteiger charge is 2.12. The SMILES string of the molecule is CC(SCC(=O)NCCCN)c1nc2ccccc2[nH]1.Cl. The van der Waals surface area contributed by atoms with Crippen molar-refractivity contribution in [2.24, 2.45) is 5.73 Å². The highest BCUT2D eigenvalue weighted by atomic mass is 35.5. The molecule has 0 saturated heterocycles. The fraction of sp³-hybridized carbons (Fsp3) is 0.429. The molecule has 1 amide bonds. The average molecular weight is 329 g/mol. The molecule has 1 heterocycles. The van der Waals surface area contributed by atoms with Crippen LogP contribution in [0, 0.1) is 0 Å². The summed E-state index contributed by atoms with van der Waals surface area (Å²) >= 11 is 1.57. The summed E-state index contributed by atoms with van der Waals surface area (Å²) < 4.78 is 0. The Morgan fingerprint density at radius 2 is 2.24 bits per heavy atom. The Morgan fingerprint density at radius 3 is 2.95 bits per heavy atom. The zero-order chi connectivity index (χ0) is 14.4. The van der Waals surface area contributed by atoms with E-state index in [4.69, 9.17) is 5.73 Å². The maximum atomic E-state index is 11.6. The number of H-pyrrole nitrogens is 1. The topological polar surface area (TPSA) is 83.8 Å². The zero-order valence-corrected chi connectivity index (χ0v) is 13.6. The molecule has 2 aromatic rings. The summed E-state index contributed by atoms with van der Waals surface area (Å²) in [5, 5.41) is 3.00. The summed E-state index contributed by atoms with van der Waals surface area (Å²) in [5.74, 6) is 1.39. The van der Waals surface area contributed by atoms with Crippen LogP contribution in [0.2, 0.25) is 0 Å². The number of aromatic nitrogens is 2. The standard InChI is InChI=1S/C14H20N4OS.ClH/c1-10(20-9-13(19)16-8-4-7-15)14-17-11-5-2-3-6-12(11)18-14;/h2-3,5-6,10H,4,7-9,15H2,1H3,(H,16,19)(H,17,18);1H. The van der Waals surface area contributed by atoms with Crippen molar-refractivity contribution in [2.75, 3.05) is 18.8 Å². The van der Waals surface area contributed by atoms with Crippen LogP contribution in [0.5, 0.6) is 0 Å². The number of nitrogens with one attached hydrogen (secondary N) is 2. The van der Waals surface area contributed by atoms with E-state index >= 15 is 0 Å². The third-order valence-corrected chi connectivity index (χ3v) is 4.11. The first-order valence-corrected chi connectivity index (χ1v) is 7.78. The quantitative estimate of drug-likeness (QED) is 0.681. The number of para-hydroxylation sites is 2. The van der Waals surface area contributed by atoms with Crippen molar-refractivity contribution in [1.29, 1.82) is 0 Å². The van der Waals surface area contributed by atoms with Crippen molar-refractivity contribution in [3.8, 4) is 0 Å². The van der Waals surface area contributed by atoms with Crippen LogP contribution in [-0.2, 0) is 4.79 Å². The molecule has 21 heavy (non-hydrogen) atoms. The lowest BCUT2D eigenvalue weighted by Crippen LogP contribution is -2.27. The third-order valence-electron chi connectivity index (χ3n) is 2.96. The number of rotatable bonds is 7. The average Bonchev–Trinajstić information content (AvgIpc) is 2.89. The number of amides is 1. The number of fused-ring (bicyclic) bond motifs is 1. The predicted molar refractivity (Wildman–Crippen MR) is 90.9 cm³/mol. The van der Waals surface area contributed by atoms with E-state index in [1.54, 1.807) is 11.8 Å². The fourth-order valence-corrected chi connectivity index (χ4v) is 2.60. The minimum Gasteiger partial charge on any atom is -0.355 e. The molecule has 1 unspecified atom stereocenters. The molecule has 4 N–H and O–H groups in total. The lowest BCUT2D eigenvalue weighted by molar-refractivity contribution is -0.118. The second-order valence-corrected chi connectivity index (χ2v) is 5.91. The lowest BCUT2D eigenvalue weighted by Gasteiger charge is -2.08. The van der Waals surface area contributed by atoms with Crippen LogP contribution in [-0.4, -0.2) is 34.7 Å². The van der Waals surface area contributed by atoms with Crippen LogP contribution in [0.1, 0.15) is 24.4 Å². The molecule has 2 rings (SSSR count). The molecule has 5 nitrogen and oxygen atoms in total. The smallest absolute Gasteiger partial charge is 0.230 e. The zero-order valence-electron chi connectivity index (χ0n) is 12.0. The summed E-state index contributed by atoms with van der Waals surface area (Å²) in [6, 6.07) is 7.93. The molecule has 1 atom stereocenters. The van der Waals surface area contributed by atoms with Gasteiger partial charge in [-0.15, -0.1) is 24.2 Å². The van der Waals surface area contributed by atoms with Crippen molar-refractivity contribution in [1.82, 2.24) is 15.3 Å². The van der Waals surface area contributed by atoms with Crippen LogP contribution >= 0.6 is 24.2 Å².